The molecule has 0 saturated carbocycles. The molecular weight excluding hydrogens is 379 g/mol. The van der Waals surface area contributed by atoms with Gasteiger partial charge in [-0.1, -0.05) is 24.3 Å². The van der Waals surface area contributed by atoms with Gasteiger partial charge in [-0.05, 0) is 58.8 Å². The number of benzene rings is 3. The SMILES string of the molecule is COc1ccc2cc(/C=C/C(=O)c3ccc(SCC(=O)O)c(F)c3)ccc2c1. The van der Waals surface area contributed by atoms with Gasteiger partial charge in [0, 0.05) is 10.5 Å². The Morgan fingerprint density at radius 3 is 2.54 bits per heavy atom. The molecule has 6 heteroatoms. The molecule has 142 valence electrons. The topological polar surface area (TPSA) is 63.6 Å². The van der Waals surface area contributed by atoms with Crippen molar-refractivity contribution >= 4 is 40.4 Å². The van der Waals surface area contributed by atoms with Gasteiger partial charge in [0.25, 0.3) is 0 Å². The van der Waals surface area contributed by atoms with E-state index in [0.717, 1.165) is 39.9 Å². The van der Waals surface area contributed by atoms with E-state index in [0.29, 0.717) is 0 Å². The molecule has 0 fully saturated rings. The van der Waals surface area contributed by atoms with Crippen molar-refractivity contribution in [3.05, 3.63) is 77.6 Å². The van der Waals surface area contributed by atoms with Crippen LogP contribution in [0.25, 0.3) is 16.8 Å². The van der Waals surface area contributed by atoms with E-state index in [4.69, 9.17) is 9.84 Å². The van der Waals surface area contributed by atoms with Gasteiger partial charge in [-0.15, -0.1) is 11.8 Å². The molecule has 0 aliphatic heterocycles. The summed E-state index contributed by atoms with van der Waals surface area (Å²) in [5.41, 5.74) is 1.05. The summed E-state index contributed by atoms with van der Waals surface area (Å²) in [4.78, 5) is 23.1. The minimum absolute atomic E-state index is 0.202. The normalized spacial score (nSPS) is 11.1. The number of carboxylic acid groups (broad SMARTS) is 1. The Kier molecular flexibility index (Phi) is 6.11. The number of ether oxygens (including phenoxy) is 1. The monoisotopic (exact) mass is 396 g/mol. The minimum atomic E-state index is -1.03. The highest BCUT2D eigenvalue weighted by molar-refractivity contribution is 8.00. The largest absolute Gasteiger partial charge is 0.497 e. The third kappa shape index (κ3) is 4.78. The number of hydrogen-bond acceptors (Lipinski definition) is 4. The highest BCUT2D eigenvalue weighted by Crippen LogP contribution is 2.24. The molecule has 0 unspecified atom stereocenters. The van der Waals surface area contributed by atoms with Crippen LogP contribution in [0.15, 0.2) is 65.6 Å². The molecule has 0 amide bonds. The molecular formula is C22H17FO4S. The van der Waals surface area contributed by atoms with Crippen LogP contribution in [0.5, 0.6) is 5.75 Å². The van der Waals surface area contributed by atoms with Crippen LogP contribution in [-0.2, 0) is 4.79 Å². The van der Waals surface area contributed by atoms with Crippen LogP contribution >= 0.6 is 11.8 Å². The van der Waals surface area contributed by atoms with Gasteiger partial charge in [-0.2, -0.15) is 0 Å². The number of allylic oxidation sites excluding steroid dienone is 1. The van der Waals surface area contributed by atoms with Crippen LogP contribution in [0.3, 0.4) is 0 Å². The first-order valence-corrected chi connectivity index (χ1v) is 9.39. The summed E-state index contributed by atoms with van der Waals surface area (Å²) in [5.74, 6) is -1.43. The summed E-state index contributed by atoms with van der Waals surface area (Å²) in [6.45, 7) is 0. The zero-order valence-electron chi connectivity index (χ0n) is 15.0. The average molecular weight is 396 g/mol. The van der Waals surface area contributed by atoms with E-state index in [-0.39, 0.29) is 22.0 Å². The second kappa shape index (κ2) is 8.71. The number of halogens is 1. The van der Waals surface area contributed by atoms with Crippen LogP contribution in [-0.4, -0.2) is 29.7 Å². The lowest BCUT2D eigenvalue weighted by Gasteiger charge is -2.04. The van der Waals surface area contributed by atoms with E-state index in [2.05, 4.69) is 0 Å². The molecule has 3 aromatic rings. The number of carboxylic acids is 1. The second-order valence-electron chi connectivity index (χ2n) is 6.00. The molecule has 0 heterocycles. The van der Waals surface area contributed by atoms with Gasteiger partial charge in [0.2, 0.25) is 0 Å². The molecule has 1 N–H and O–H groups in total. The van der Waals surface area contributed by atoms with Crippen molar-refractivity contribution in [3.63, 3.8) is 0 Å². The Hall–Kier alpha value is -3.12. The van der Waals surface area contributed by atoms with E-state index in [1.54, 1.807) is 13.2 Å². The number of hydrogen-bond donors (Lipinski definition) is 1. The van der Waals surface area contributed by atoms with Gasteiger partial charge in [0.1, 0.15) is 11.6 Å². The maximum Gasteiger partial charge on any atom is 0.313 e. The molecule has 3 aromatic carbocycles. The third-order valence-electron chi connectivity index (χ3n) is 4.07. The van der Waals surface area contributed by atoms with E-state index in [1.807, 2.05) is 36.4 Å². The first-order valence-electron chi connectivity index (χ1n) is 8.40. The standard InChI is InChI=1S/C22H17FO4S/c1-27-18-7-5-15-10-14(2-4-16(15)11-18)3-8-20(24)17-6-9-21(19(23)12-17)28-13-22(25)26/h2-12H,13H2,1H3,(H,25,26)/b8-3+. The highest BCUT2D eigenvalue weighted by atomic mass is 32.2. The molecule has 0 aliphatic carbocycles. The van der Waals surface area contributed by atoms with Gasteiger partial charge < -0.3 is 9.84 Å². The number of carbonyl (C=O) groups excluding carboxylic acids is 1. The third-order valence-corrected chi connectivity index (χ3v) is 5.10. The van der Waals surface area contributed by atoms with Gasteiger partial charge in [-0.3, -0.25) is 9.59 Å². The predicted molar refractivity (Wildman–Crippen MR) is 109 cm³/mol. The average Bonchev–Trinajstić information content (AvgIpc) is 2.70. The smallest absolute Gasteiger partial charge is 0.313 e. The number of rotatable bonds is 7. The van der Waals surface area contributed by atoms with Crippen LogP contribution in [0.2, 0.25) is 0 Å². The van der Waals surface area contributed by atoms with E-state index in [1.165, 1.54) is 18.2 Å². The Morgan fingerprint density at radius 2 is 1.82 bits per heavy atom. The van der Waals surface area contributed by atoms with Gasteiger partial charge in [0.15, 0.2) is 5.78 Å². The summed E-state index contributed by atoms with van der Waals surface area (Å²) in [7, 11) is 1.62. The fraction of sp³-hybridized carbons (Fsp3) is 0.0909. The van der Waals surface area contributed by atoms with Crippen LogP contribution in [0.1, 0.15) is 15.9 Å². The molecule has 0 aliphatic rings. The van der Waals surface area contributed by atoms with Gasteiger partial charge >= 0.3 is 5.97 Å². The Balaban J connectivity index is 1.75. The Morgan fingerprint density at radius 1 is 1.07 bits per heavy atom. The zero-order chi connectivity index (χ0) is 20.1. The number of fused-ring (bicyclic) bond motifs is 1. The lowest BCUT2D eigenvalue weighted by Crippen LogP contribution is -2.00. The van der Waals surface area contributed by atoms with Crippen molar-refractivity contribution < 1.29 is 23.8 Å². The van der Waals surface area contributed by atoms with Crippen molar-refractivity contribution in [2.75, 3.05) is 12.9 Å². The number of ketones is 1. The predicted octanol–water partition coefficient (Wildman–Crippen LogP) is 5.06. The van der Waals surface area contributed by atoms with Crippen LogP contribution in [0, 0.1) is 5.82 Å². The maximum atomic E-state index is 14.1. The summed E-state index contributed by atoms with van der Waals surface area (Å²) in [6.07, 6.45) is 3.07. The molecule has 4 nitrogen and oxygen atoms in total. The first-order chi connectivity index (χ1) is 13.5. The maximum absolute atomic E-state index is 14.1. The number of thioether (sulfide) groups is 1. The summed E-state index contributed by atoms with van der Waals surface area (Å²) in [6, 6.07) is 15.6. The van der Waals surface area contributed by atoms with Crippen LogP contribution < -0.4 is 4.74 Å². The van der Waals surface area contributed by atoms with E-state index >= 15 is 0 Å². The number of methoxy groups -OCH3 is 1. The molecule has 0 saturated heterocycles. The summed E-state index contributed by atoms with van der Waals surface area (Å²) < 4.78 is 19.3. The van der Waals surface area contributed by atoms with Crippen LogP contribution in [0.4, 0.5) is 4.39 Å². The van der Waals surface area contributed by atoms with Crippen molar-refractivity contribution in [2.45, 2.75) is 4.90 Å². The number of aliphatic carboxylic acids is 1. The van der Waals surface area contributed by atoms with E-state index in [9.17, 15) is 14.0 Å². The Labute approximate surface area is 165 Å². The molecule has 0 atom stereocenters. The quantitative estimate of drug-likeness (QED) is 0.344. The molecule has 0 aromatic heterocycles. The highest BCUT2D eigenvalue weighted by Gasteiger charge is 2.10. The van der Waals surface area contributed by atoms with Gasteiger partial charge in [0.05, 0.1) is 12.9 Å². The summed E-state index contributed by atoms with van der Waals surface area (Å²) >= 11 is 0.877. The molecule has 3 rings (SSSR count). The van der Waals surface area contributed by atoms with Crippen molar-refractivity contribution in [1.82, 2.24) is 0 Å². The minimum Gasteiger partial charge on any atom is -0.497 e. The number of carbonyl (C=O) groups is 2. The first kappa shape index (κ1) is 19.6. The van der Waals surface area contributed by atoms with Crippen molar-refractivity contribution in [1.29, 1.82) is 0 Å². The molecule has 0 spiro atoms. The van der Waals surface area contributed by atoms with Gasteiger partial charge in [-0.25, -0.2) is 4.39 Å². The van der Waals surface area contributed by atoms with Crippen molar-refractivity contribution in [3.8, 4) is 5.75 Å². The second-order valence-corrected chi connectivity index (χ2v) is 7.01. The van der Waals surface area contributed by atoms with E-state index < -0.39 is 11.8 Å². The van der Waals surface area contributed by atoms with Crippen molar-refractivity contribution in [2.24, 2.45) is 0 Å². The fourth-order valence-electron chi connectivity index (χ4n) is 2.65. The summed E-state index contributed by atoms with van der Waals surface area (Å²) in [5, 5.41) is 10.7. The molecule has 28 heavy (non-hydrogen) atoms. The molecule has 0 bridgehead atoms. The lowest BCUT2D eigenvalue weighted by molar-refractivity contribution is -0.133. The fourth-order valence-corrected chi connectivity index (χ4v) is 3.29. The lowest BCUT2D eigenvalue weighted by atomic mass is 10.0. The molecule has 0 radical (unpaired) electrons. The zero-order valence-corrected chi connectivity index (χ0v) is 15.8. The Bertz CT molecular complexity index is 1080.